The van der Waals surface area contributed by atoms with E-state index in [4.69, 9.17) is 5.11 Å². The van der Waals surface area contributed by atoms with E-state index in [-0.39, 0.29) is 12.4 Å². The Morgan fingerprint density at radius 2 is 1.83 bits per heavy atom. The van der Waals surface area contributed by atoms with Crippen LogP contribution in [0.4, 0.5) is 0 Å². The largest absolute Gasteiger partial charge is 0.368 e. The van der Waals surface area contributed by atoms with Crippen molar-refractivity contribution in [1.29, 1.82) is 0 Å². The molecular weight excluding hydrogens is 103 g/mol. The molecule has 0 rings (SSSR count). The highest BCUT2D eigenvalue weighted by Crippen LogP contribution is 1.72. The highest BCUT2D eigenvalue weighted by molar-refractivity contribution is 5.85. The predicted molar refractivity (Wildman–Crippen MR) is 25.9 cm³/mol. The second-order valence-electron chi connectivity index (χ2n) is 0.835. The molecule has 1 unspecified atom stereocenters. The van der Waals surface area contributed by atoms with Gasteiger partial charge >= 0.3 is 0 Å². The molecule has 40 valence electrons. The molecule has 0 aromatic heterocycles. The van der Waals surface area contributed by atoms with Crippen molar-refractivity contribution in [3.05, 3.63) is 0 Å². The van der Waals surface area contributed by atoms with E-state index in [0.29, 0.717) is 0 Å². The van der Waals surface area contributed by atoms with Gasteiger partial charge in [0, 0.05) is 7.11 Å². The summed E-state index contributed by atoms with van der Waals surface area (Å²) in [6.45, 7) is 1.56. The number of ether oxygens (including phenoxy) is 1. The van der Waals surface area contributed by atoms with Crippen molar-refractivity contribution in [2.45, 2.75) is 13.2 Å². The van der Waals surface area contributed by atoms with E-state index in [2.05, 4.69) is 4.74 Å². The molecule has 0 heterocycles. The fraction of sp³-hybridized carbons (Fsp3) is 1.00. The molecule has 1 N–H and O–H groups in total. The Hall–Kier alpha value is 0.210. The molecule has 0 aliphatic carbocycles. The van der Waals surface area contributed by atoms with Gasteiger partial charge in [0.1, 0.15) is 0 Å². The summed E-state index contributed by atoms with van der Waals surface area (Å²) in [4.78, 5) is 0. The van der Waals surface area contributed by atoms with Crippen LogP contribution in [-0.4, -0.2) is 18.5 Å². The Balaban J connectivity index is 0. The Morgan fingerprint density at radius 3 is 1.83 bits per heavy atom. The highest BCUT2D eigenvalue weighted by atomic mass is 35.5. The van der Waals surface area contributed by atoms with Crippen LogP contribution in [-0.2, 0) is 4.74 Å². The molecule has 0 saturated carbocycles. The molecule has 0 fully saturated rings. The van der Waals surface area contributed by atoms with Gasteiger partial charge in [-0.25, -0.2) is 0 Å². The van der Waals surface area contributed by atoms with Gasteiger partial charge in [-0.2, -0.15) is 0 Å². The molecule has 0 spiro atoms. The third kappa shape index (κ3) is 8.88. The van der Waals surface area contributed by atoms with E-state index >= 15 is 0 Å². The van der Waals surface area contributed by atoms with Crippen molar-refractivity contribution in [3.8, 4) is 0 Å². The van der Waals surface area contributed by atoms with Crippen LogP contribution in [0.3, 0.4) is 0 Å². The van der Waals surface area contributed by atoms with Crippen LogP contribution in [0, 0.1) is 0 Å². The third-order valence-corrected chi connectivity index (χ3v) is 0.341. The van der Waals surface area contributed by atoms with Gasteiger partial charge < -0.3 is 9.84 Å². The molecule has 0 aromatic rings. The lowest BCUT2D eigenvalue weighted by Gasteiger charge is -1.94. The molecule has 0 aliphatic heterocycles. The summed E-state index contributed by atoms with van der Waals surface area (Å²) < 4.78 is 4.31. The number of hydrogen-bond acceptors (Lipinski definition) is 2. The Morgan fingerprint density at radius 1 is 1.67 bits per heavy atom. The van der Waals surface area contributed by atoms with Crippen molar-refractivity contribution >= 4 is 12.4 Å². The second kappa shape index (κ2) is 5.21. The molecule has 2 nitrogen and oxygen atoms in total. The molecule has 0 aromatic carbocycles. The van der Waals surface area contributed by atoms with Crippen molar-refractivity contribution in [1.82, 2.24) is 0 Å². The smallest absolute Gasteiger partial charge is 0.151 e. The number of rotatable bonds is 1. The quantitative estimate of drug-likeness (QED) is 0.498. The van der Waals surface area contributed by atoms with E-state index in [0.717, 1.165) is 0 Å². The standard InChI is InChI=1S/C3H8O2.ClH/c1-3(4)5-2;/h3-4H,1-2H3;1H. The van der Waals surface area contributed by atoms with Gasteiger partial charge in [-0.1, -0.05) is 0 Å². The summed E-state index contributed by atoms with van der Waals surface area (Å²) in [5.74, 6) is 0. The Labute approximate surface area is 43.5 Å². The zero-order valence-electron chi connectivity index (χ0n) is 3.84. The number of halogens is 1. The molecule has 0 radical (unpaired) electrons. The number of methoxy groups -OCH3 is 1. The lowest BCUT2D eigenvalue weighted by Crippen LogP contribution is -1.99. The predicted octanol–water partition coefficient (Wildman–Crippen LogP) is 0.393. The van der Waals surface area contributed by atoms with Gasteiger partial charge in [0.05, 0.1) is 0 Å². The van der Waals surface area contributed by atoms with Gasteiger partial charge in [0.25, 0.3) is 0 Å². The number of aliphatic hydroxyl groups is 1. The minimum atomic E-state index is -0.616. The topological polar surface area (TPSA) is 29.5 Å². The molecule has 3 heteroatoms. The van der Waals surface area contributed by atoms with E-state index in [1.165, 1.54) is 7.11 Å². The molecule has 0 aliphatic rings. The van der Waals surface area contributed by atoms with Crippen LogP contribution in [0.15, 0.2) is 0 Å². The maximum absolute atomic E-state index is 8.14. The highest BCUT2D eigenvalue weighted by Gasteiger charge is 1.80. The average molecular weight is 113 g/mol. The van der Waals surface area contributed by atoms with Gasteiger partial charge in [0.15, 0.2) is 6.29 Å². The van der Waals surface area contributed by atoms with Crippen molar-refractivity contribution in [2.75, 3.05) is 7.11 Å². The van der Waals surface area contributed by atoms with Crippen molar-refractivity contribution in [2.24, 2.45) is 0 Å². The van der Waals surface area contributed by atoms with Gasteiger partial charge in [-0.05, 0) is 6.92 Å². The summed E-state index contributed by atoms with van der Waals surface area (Å²) in [5, 5.41) is 8.14. The summed E-state index contributed by atoms with van der Waals surface area (Å²) in [7, 11) is 1.45. The first kappa shape index (κ1) is 9.51. The first-order valence-electron chi connectivity index (χ1n) is 1.48. The second-order valence-corrected chi connectivity index (χ2v) is 0.835. The third-order valence-electron chi connectivity index (χ3n) is 0.341. The van der Waals surface area contributed by atoms with Crippen LogP contribution in [0.25, 0.3) is 0 Å². The number of hydrogen-bond donors (Lipinski definition) is 1. The molecule has 0 bridgehead atoms. The maximum atomic E-state index is 8.14. The van der Waals surface area contributed by atoms with E-state index in [1.54, 1.807) is 6.92 Å². The van der Waals surface area contributed by atoms with Crippen LogP contribution < -0.4 is 0 Å². The van der Waals surface area contributed by atoms with Crippen molar-refractivity contribution < 1.29 is 9.84 Å². The van der Waals surface area contributed by atoms with E-state index in [1.807, 2.05) is 0 Å². The monoisotopic (exact) mass is 112 g/mol. The SMILES string of the molecule is COC(C)O.Cl. The molecular formula is C3H9ClO2. The Kier molecular flexibility index (Phi) is 8.26. The first-order valence-corrected chi connectivity index (χ1v) is 1.48. The summed E-state index contributed by atoms with van der Waals surface area (Å²) in [6.07, 6.45) is -0.616. The zero-order chi connectivity index (χ0) is 4.28. The van der Waals surface area contributed by atoms with Crippen LogP contribution in [0.1, 0.15) is 6.92 Å². The summed E-state index contributed by atoms with van der Waals surface area (Å²) >= 11 is 0. The van der Waals surface area contributed by atoms with E-state index in [9.17, 15) is 0 Å². The van der Waals surface area contributed by atoms with Gasteiger partial charge in [-0.15, -0.1) is 12.4 Å². The molecule has 0 saturated heterocycles. The lowest BCUT2D eigenvalue weighted by molar-refractivity contribution is -0.0583. The fourth-order valence-electron chi connectivity index (χ4n) is 0. The molecule has 6 heavy (non-hydrogen) atoms. The fourth-order valence-corrected chi connectivity index (χ4v) is 0. The summed E-state index contributed by atoms with van der Waals surface area (Å²) in [6, 6.07) is 0. The van der Waals surface area contributed by atoms with Crippen molar-refractivity contribution in [3.63, 3.8) is 0 Å². The van der Waals surface area contributed by atoms with Crippen LogP contribution in [0.2, 0.25) is 0 Å². The first-order chi connectivity index (χ1) is 2.27. The maximum Gasteiger partial charge on any atom is 0.151 e. The lowest BCUT2D eigenvalue weighted by atomic mass is 10.8. The van der Waals surface area contributed by atoms with Gasteiger partial charge in [0.2, 0.25) is 0 Å². The molecule has 0 amide bonds. The minimum Gasteiger partial charge on any atom is -0.368 e. The average Bonchev–Trinajstić information content (AvgIpc) is 1.38. The minimum absolute atomic E-state index is 0. The van der Waals surface area contributed by atoms with Crippen LogP contribution in [0.5, 0.6) is 0 Å². The molecule has 1 atom stereocenters. The Bertz CT molecular complexity index is 22.8. The summed E-state index contributed by atoms with van der Waals surface area (Å²) in [5.41, 5.74) is 0. The zero-order valence-corrected chi connectivity index (χ0v) is 4.66. The van der Waals surface area contributed by atoms with Crippen LogP contribution >= 0.6 is 12.4 Å². The van der Waals surface area contributed by atoms with E-state index < -0.39 is 6.29 Å². The normalized spacial score (nSPS) is 12.5. The van der Waals surface area contributed by atoms with Gasteiger partial charge in [-0.3, -0.25) is 0 Å². The number of aliphatic hydroxyl groups excluding tert-OH is 1.